The number of aliphatic hydroxyl groups is 2. The van der Waals surface area contributed by atoms with Gasteiger partial charge in [-0.25, -0.2) is 0 Å². The zero-order valence-electron chi connectivity index (χ0n) is 28.3. The molecule has 0 aliphatic carbocycles. The molecule has 4 aromatic carbocycles. The van der Waals surface area contributed by atoms with Crippen LogP contribution in [0.1, 0.15) is 56.9 Å². The second kappa shape index (κ2) is 16.1. The summed E-state index contributed by atoms with van der Waals surface area (Å²) in [6, 6.07) is 20.9. The van der Waals surface area contributed by atoms with Gasteiger partial charge in [0.05, 0.1) is 17.7 Å². The zero-order chi connectivity index (χ0) is 34.0. The van der Waals surface area contributed by atoms with E-state index in [9.17, 15) is 4.79 Å². The minimum Gasteiger partial charge on any atom is -0.493 e. The van der Waals surface area contributed by atoms with Gasteiger partial charge in [0.15, 0.2) is 0 Å². The summed E-state index contributed by atoms with van der Waals surface area (Å²) in [6.07, 6.45) is 5.43. The van der Waals surface area contributed by atoms with Crippen LogP contribution in [0.4, 0.5) is 5.69 Å². The van der Waals surface area contributed by atoms with Crippen molar-refractivity contribution < 1.29 is 19.7 Å². The number of pyridine rings is 1. The highest BCUT2D eigenvalue weighted by Crippen LogP contribution is 2.43. The first-order valence-electron chi connectivity index (χ1n) is 15.7. The van der Waals surface area contributed by atoms with E-state index in [1.807, 2.05) is 45.3 Å². The van der Waals surface area contributed by atoms with E-state index in [0.717, 1.165) is 91.9 Å². The molecule has 0 fully saturated rings. The number of aromatic nitrogens is 1. The van der Waals surface area contributed by atoms with Crippen molar-refractivity contribution >= 4 is 39.9 Å². The minimum absolute atomic E-state index is 0.340. The van der Waals surface area contributed by atoms with Crippen LogP contribution in [0, 0.1) is 12.3 Å². The maximum absolute atomic E-state index is 11.8. The summed E-state index contributed by atoms with van der Waals surface area (Å²) >= 11 is 0. The fraction of sp³-hybridized carbons (Fsp3) is 0.308. The third kappa shape index (κ3) is 7.97. The fourth-order valence-corrected chi connectivity index (χ4v) is 5.62. The molecule has 0 unspecified atom stereocenters. The summed E-state index contributed by atoms with van der Waals surface area (Å²) < 4.78 is 5.96. The van der Waals surface area contributed by atoms with E-state index in [2.05, 4.69) is 54.7 Å². The number of rotatable bonds is 6. The summed E-state index contributed by atoms with van der Waals surface area (Å²) in [5.74, 6) is 0.872. The van der Waals surface area contributed by atoms with Crippen molar-refractivity contribution in [2.75, 3.05) is 26.1 Å². The molecule has 4 N–H and O–H groups in total. The smallest absolute Gasteiger partial charge is 0.129 e. The first-order chi connectivity index (χ1) is 22.1. The SMILES string of the molecule is CC.CC(C)(C)O.CNc1ccc(-c2ccc3c(-c4ccc5c6c(ccnc46)CCO5)c(CC=O)c(C)cc3c2)cc1C=N.CO. The van der Waals surface area contributed by atoms with E-state index in [1.165, 1.54) is 11.8 Å². The molecule has 7 heteroatoms. The fourth-order valence-electron chi connectivity index (χ4n) is 5.62. The summed E-state index contributed by atoms with van der Waals surface area (Å²) in [5.41, 5.74) is 9.74. The van der Waals surface area contributed by atoms with Crippen molar-refractivity contribution in [3.8, 4) is 28.0 Å². The Bertz CT molecular complexity index is 1810. The largest absolute Gasteiger partial charge is 0.493 e. The molecule has 0 bridgehead atoms. The number of hydrogen-bond donors (Lipinski definition) is 4. The lowest BCUT2D eigenvalue weighted by Crippen LogP contribution is -2.10. The van der Waals surface area contributed by atoms with Crippen LogP contribution in [0.5, 0.6) is 5.75 Å². The number of nitrogens with one attached hydrogen (secondary N) is 2. The Hall–Kier alpha value is -4.59. The van der Waals surface area contributed by atoms with Crippen molar-refractivity contribution in [1.29, 1.82) is 5.41 Å². The number of carbonyl (C=O) groups is 1. The lowest BCUT2D eigenvalue weighted by Gasteiger charge is -2.22. The van der Waals surface area contributed by atoms with E-state index < -0.39 is 5.60 Å². The molecule has 1 aromatic heterocycles. The molecule has 7 nitrogen and oxygen atoms in total. The topological polar surface area (TPSA) is 116 Å². The van der Waals surface area contributed by atoms with E-state index in [4.69, 9.17) is 25.3 Å². The van der Waals surface area contributed by atoms with Gasteiger partial charge in [-0.05, 0) is 108 Å². The molecule has 0 spiro atoms. The van der Waals surface area contributed by atoms with Crippen LogP contribution < -0.4 is 10.1 Å². The Morgan fingerprint density at radius 2 is 1.67 bits per heavy atom. The van der Waals surface area contributed by atoms with E-state index in [-0.39, 0.29) is 0 Å². The maximum atomic E-state index is 11.8. The Balaban J connectivity index is 0.000000577. The molecule has 2 heterocycles. The molecule has 0 saturated heterocycles. The van der Waals surface area contributed by atoms with Crippen LogP contribution in [-0.2, 0) is 17.6 Å². The van der Waals surface area contributed by atoms with E-state index in [1.54, 1.807) is 20.8 Å². The quantitative estimate of drug-likeness (QED) is 0.112. The normalized spacial score (nSPS) is 11.5. The molecule has 6 rings (SSSR count). The predicted molar refractivity (Wildman–Crippen MR) is 193 cm³/mol. The summed E-state index contributed by atoms with van der Waals surface area (Å²) in [5, 5.41) is 29.7. The highest BCUT2D eigenvalue weighted by molar-refractivity contribution is 6.09. The van der Waals surface area contributed by atoms with Crippen LogP contribution in [0.25, 0.3) is 43.9 Å². The Kier molecular flexibility index (Phi) is 12.6. The number of aryl methyl sites for hydroxylation is 1. The van der Waals surface area contributed by atoms with Crippen LogP contribution in [-0.4, -0.2) is 54.1 Å². The number of aldehydes is 1. The van der Waals surface area contributed by atoms with Crippen LogP contribution in [0.15, 0.2) is 66.9 Å². The van der Waals surface area contributed by atoms with Crippen molar-refractivity contribution in [3.05, 3.63) is 89.1 Å². The number of benzene rings is 4. The van der Waals surface area contributed by atoms with E-state index in [0.29, 0.717) is 13.0 Å². The number of nitrogens with zero attached hydrogens (tertiary/aromatic N) is 1. The van der Waals surface area contributed by atoms with E-state index >= 15 is 0 Å². The van der Waals surface area contributed by atoms with Gasteiger partial charge in [0.25, 0.3) is 0 Å². The molecule has 0 amide bonds. The van der Waals surface area contributed by atoms with Gasteiger partial charge in [-0.2, -0.15) is 0 Å². The van der Waals surface area contributed by atoms with Gasteiger partial charge in [-0.3, -0.25) is 4.98 Å². The van der Waals surface area contributed by atoms with Crippen LogP contribution in [0.3, 0.4) is 0 Å². The second-order valence-corrected chi connectivity index (χ2v) is 11.6. The monoisotopic (exact) mass is 621 g/mol. The molecule has 46 heavy (non-hydrogen) atoms. The molecule has 5 aromatic rings. The summed E-state index contributed by atoms with van der Waals surface area (Å²) in [6.45, 7) is 12.0. The number of ether oxygens (including phenoxy) is 1. The number of aliphatic hydroxyl groups excluding tert-OH is 1. The van der Waals surface area contributed by atoms with Crippen LogP contribution >= 0.6 is 0 Å². The Morgan fingerprint density at radius 1 is 1.00 bits per heavy atom. The lowest BCUT2D eigenvalue weighted by atomic mass is 9.86. The molecule has 0 saturated carbocycles. The predicted octanol–water partition coefficient (Wildman–Crippen LogP) is 8.16. The molecular weight excluding hydrogens is 574 g/mol. The first-order valence-corrected chi connectivity index (χ1v) is 15.7. The van der Waals surface area contributed by atoms with Gasteiger partial charge < -0.3 is 30.5 Å². The summed E-state index contributed by atoms with van der Waals surface area (Å²) in [4.78, 5) is 16.6. The first kappa shape index (κ1) is 35.9. The average Bonchev–Trinajstić information content (AvgIpc) is 3.06. The number of fused-ring (bicyclic) bond motifs is 1. The second-order valence-electron chi connectivity index (χ2n) is 11.6. The van der Waals surface area contributed by atoms with Crippen molar-refractivity contribution in [3.63, 3.8) is 0 Å². The average molecular weight is 622 g/mol. The highest BCUT2D eigenvalue weighted by atomic mass is 16.5. The molecule has 1 aliphatic heterocycles. The molecule has 0 radical (unpaired) electrons. The van der Waals surface area contributed by atoms with Crippen LogP contribution in [0.2, 0.25) is 0 Å². The number of carbonyl (C=O) groups excluding carboxylic acids is 1. The van der Waals surface area contributed by atoms with Gasteiger partial charge in [-0.15, -0.1) is 0 Å². The van der Waals surface area contributed by atoms with Gasteiger partial charge in [-0.1, -0.05) is 38.1 Å². The zero-order valence-corrected chi connectivity index (χ0v) is 28.3. The standard InChI is InChI=1S/C32H27N3O2.C4H10O.C2H6.CH4O/c1-19-15-23-16-21(22-4-7-28(34-2)24(17-22)18-33)3-5-26(23)31(25(19)10-13-36)27-6-8-29-30-20(11-14-37-29)9-12-35-32(27)30;1-4(2,3)5;2*1-2/h3-9,12-13,15-18,33-34H,10-11,14H2,1-2H3;5H,1-3H3;1-2H3;2H,1H3. The third-order valence-electron chi connectivity index (χ3n) is 7.41. The molecule has 242 valence electrons. The minimum atomic E-state index is -0.500. The number of anilines is 1. The Morgan fingerprint density at radius 3 is 2.33 bits per heavy atom. The van der Waals surface area contributed by atoms with Crippen molar-refractivity contribution in [1.82, 2.24) is 4.98 Å². The van der Waals surface area contributed by atoms with Gasteiger partial charge in [0, 0.05) is 61.6 Å². The highest BCUT2D eigenvalue weighted by Gasteiger charge is 2.21. The van der Waals surface area contributed by atoms with Gasteiger partial charge in [0.2, 0.25) is 0 Å². The van der Waals surface area contributed by atoms with Gasteiger partial charge >= 0.3 is 0 Å². The molecule has 1 aliphatic rings. The van der Waals surface area contributed by atoms with Crippen molar-refractivity contribution in [2.24, 2.45) is 0 Å². The molecular formula is C39H47N3O4. The van der Waals surface area contributed by atoms with Crippen molar-refractivity contribution in [2.45, 2.75) is 60.0 Å². The lowest BCUT2D eigenvalue weighted by molar-refractivity contribution is -0.107. The maximum Gasteiger partial charge on any atom is 0.129 e. The number of hydrogen-bond acceptors (Lipinski definition) is 7. The molecule has 0 atom stereocenters. The Labute approximate surface area is 272 Å². The van der Waals surface area contributed by atoms with Gasteiger partial charge in [0.1, 0.15) is 12.0 Å². The third-order valence-corrected chi connectivity index (χ3v) is 7.41. The summed E-state index contributed by atoms with van der Waals surface area (Å²) in [7, 11) is 2.86.